The summed E-state index contributed by atoms with van der Waals surface area (Å²) in [5.74, 6) is 2.07. The fourth-order valence-corrected chi connectivity index (χ4v) is 6.38. The van der Waals surface area contributed by atoms with Gasteiger partial charge in [-0.3, -0.25) is 9.36 Å². The average Bonchev–Trinajstić information content (AvgIpc) is 3.52. The van der Waals surface area contributed by atoms with Gasteiger partial charge in [-0.25, -0.2) is 13.5 Å². The van der Waals surface area contributed by atoms with Crippen LogP contribution in [0.15, 0.2) is 82.5 Å². The lowest BCUT2D eigenvalue weighted by Gasteiger charge is -2.23. The van der Waals surface area contributed by atoms with Crippen molar-refractivity contribution < 1.29 is 13.7 Å². The van der Waals surface area contributed by atoms with E-state index in [0.29, 0.717) is 42.0 Å². The van der Waals surface area contributed by atoms with Gasteiger partial charge in [0.1, 0.15) is 28.3 Å². The Hall–Kier alpha value is -3.53. The number of methoxy groups -OCH3 is 2. The zero-order valence-corrected chi connectivity index (χ0v) is 23.9. The normalized spacial score (nSPS) is 14.6. The standard InChI is InChI=1S/C31H36N4O4S/c1-38-25-12-10-24(11-13-25)35-30(32-29-9-4-3-8-28(29)31(35)36)18-23-34(22-7-21-33-19-5-6-20-33)40(37)27-16-14-26(39-2)15-17-27/h3-4,8-17H,5-7,18-23H2,1-2H3. The summed E-state index contributed by atoms with van der Waals surface area (Å²) in [5.41, 5.74) is 1.25. The topological polar surface area (TPSA) is 76.9 Å². The van der Waals surface area contributed by atoms with Crippen LogP contribution in [0.5, 0.6) is 11.5 Å². The zero-order valence-electron chi connectivity index (χ0n) is 23.1. The van der Waals surface area contributed by atoms with Crippen LogP contribution in [0.25, 0.3) is 16.6 Å². The number of ether oxygens (including phenoxy) is 2. The number of nitrogens with zero attached hydrogens (tertiary/aromatic N) is 4. The van der Waals surface area contributed by atoms with E-state index in [2.05, 4.69) is 4.90 Å². The maximum Gasteiger partial charge on any atom is 0.265 e. The van der Waals surface area contributed by atoms with Gasteiger partial charge in [-0.05, 0) is 99.6 Å². The van der Waals surface area contributed by atoms with Gasteiger partial charge < -0.3 is 14.4 Å². The van der Waals surface area contributed by atoms with Gasteiger partial charge >= 0.3 is 0 Å². The lowest BCUT2D eigenvalue weighted by Crippen LogP contribution is -2.33. The van der Waals surface area contributed by atoms with E-state index >= 15 is 0 Å². The molecule has 40 heavy (non-hydrogen) atoms. The molecule has 5 rings (SSSR count). The lowest BCUT2D eigenvalue weighted by atomic mass is 10.2. The summed E-state index contributed by atoms with van der Waals surface area (Å²) < 4.78 is 28.0. The van der Waals surface area contributed by atoms with Crippen LogP contribution in [0.1, 0.15) is 25.1 Å². The first-order valence-corrected chi connectivity index (χ1v) is 14.9. The van der Waals surface area contributed by atoms with Crippen LogP contribution in [0, 0.1) is 0 Å². The number of rotatable bonds is 12. The van der Waals surface area contributed by atoms with E-state index in [9.17, 15) is 9.00 Å². The van der Waals surface area contributed by atoms with Crippen LogP contribution in [0.3, 0.4) is 0 Å². The summed E-state index contributed by atoms with van der Waals surface area (Å²) in [7, 11) is 1.87. The van der Waals surface area contributed by atoms with Gasteiger partial charge in [0.05, 0.1) is 35.7 Å². The minimum Gasteiger partial charge on any atom is -0.497 e. The number of hydrogen-bond donors (Lipinski definition) is 0. The summed E-state index contributed by atoms with van der Waals surface area (Å²) in [6.07, 6.45) is 3.87. The Balaban J connectivity index is 1.44. The van der Waals surface area contributed by atoms with E-state index < -0.39 is 11.0 Å². The highest BCUT2D eigenvalue weighted by molar-refractivity contribution is 7.82. The first-order valence-electron chi connectivity index (χ1n) is 13.8. The molecule has 1 fully saturated rings. The molecule has 0 saturated carbocycles. The maximum atomic E-state index is 13.8. The van der Waals surface area contributed by atoms with Crippen LogP contribution < -0.4 is 15.0 Å². The molecular formula is C31H36N4O4S. The molecule has 1 aliphatic rings. The highest BCUT2D eigenvalue weighted by atomic mass is 32.2. The third-order valence-corrected chi connectivity index (χ3v) is 8.85. The fraction of sp³-hybridized carbons (Fsp3) is 0.355. The van der Waals surface area contributed by atoms with Crippen molar-refractivity contribution in [3.05, 3.63) is 89.0 Å². The smallest absolute Gasteiger partial charge is 0.265 e. The van der Waals surface area contributed by atoms with Crippen LogP contribution >= 0.6 is 0 Å². The summed E-state index contributed by atoms with van der Waals surface area (Å²) in [4.78, 5) is 21.8. The monoisotopic (exact) mass is 560 g/mol. The third kappa shape index (κ3) is 6.43. The molecule has 1 saturated heterocycles. The van der Waals surface area contributed by atoms with E-state index in [1.54, 1.807) is 24.9 Å². The first-order chi connectivity index (χ1) is 19.6. The second-order valence-electron chi connectivity index (χ2n) is 9.89. The van der Waals surface area contributed by atoms with E-state index in [1.165, 1.54) is 12.8 Å². The Morgan fingerprint density at radius 3 is 2.20 bits per heavy atom. The first kappa shape index (κ1) is 28.0. The number of benzene rings is 3. The van der Waals surface area contributed by atoms with Crippen molar-refractivity contribution in [1.82, 2.24) is 18.8 Å². The second kappa shape index (κ2) is 13.2. The quantitative estimate of drug-likeness (QED) is 0.255. The Morgan fingerprint density at radius 2 is 1.52 bits per heavy atom. The molecule has 0 bridgehead atoms. The summed E-state index contributed by atoms with van der Waals surface area (Å²) in [6.45, 7) is 4.42. The molecule has 210 valence electrons. The van der Waals surface area contributed by atoms with Crippen molar-refractivity contribution in [1.29, 1.82) is 0 Å². The van der Waals surface area contributed by atoms with Crippen molar-refractivity contribution in [3.63, 3.8) is 0 Å². The van der Waals surface area contributed by atoms with Crippen LogP contribution in [0.4, 0.5) is 0 Å². The number of likely N-dealkylation sites (tertiary alicyclic amines) is 1. The van der Waals surface area contributed by atoms with Crippen molar-refractivity contribution in [3.8, 4) is 17.2 Å². The maximum absolute atomic E-state index is 13.8. The average molecular weight is 561 g/mol. The number of hydrogen-bond acceptors (Lipinski definition) is 6. The molecule has 8 nitrogen and oxygen atoms in total. The Morgan fingerprint density at radius 1 is 0.875 bits per heavy atom. The highest BCUT2D eigenvalue weighted by Gasteiger charge is 2.20. The molecule has 9 heteroatoms. The summed E-state index contributed by atoms with van der Waals surface area (Å²) in [5, 5.41) is 0.561. The van der Waals surface area contributed by atoms with E-state index in [-0.39, 0.29) is 5.56 Å². The number of para-hydroxylation sites is 1. The predicted molar refractivity (Wildman–Crippen MR) is 159 cm³/mol. The van der Waals surface area contributed by atoms with Crippen molar-refractivity contribution >= 4 is 21.9 Å². The predicted octanol–water partition coefficient (Wildman–Crippen LogP) is 4.46. The Labute approximate surface area is 237 Å². The van der Waals surface area contributed by atoms with Gasteiger partial charge in [-0.2, -0.15) is 0 Å². The lowest BCUT2D eigenvalue weighted by molar-refractivity contribution is 0.313. The molecule has 1 atom stereocenters. The molecule has 3 aromatic carbocycles. The minimum absolute atomic E-state index is 0.123. The molecule has 0 aliphatic carbocycles. The van der Waals surface area contributed by atoms with Crippen LogP contribution in [-0.2, 0) is 17.4 Å². The Bertz CT molecular complexity index is 1500. The van der Waals surface area contributed by atoms with Gasteiger partial charge in [-0.15, -0.1) is 0 Å². The molecule has 1 aromatic heterocycles. The molecule has 0 amide bonds. The molecule has 4 aromatic rings. The summed E-state index contributed by atoms with van der Waals surface area (Å²) in [6, 6.07) is 22.2. The van der Waals surface area contributed by atoms with Crippen LogP contribution in [-0.4, -0.2) is 69.9 Å². The van der Waals surface area contributed by atoms with Gasteiger partial charge in [-0.1, -0.05) is 12.1 Å². The minimum atomic E-state index is -1.37. The third-order valence-electron chi connectivity index (χ3n) is 7.34. The van der Waals surface area contributed by atoms with Gasteiger partial charge in [0.15, 0.2) is 0 Å². The molecular weight excluding hydrogens is 524 g/mol. The van der Waals surface area contributed by atoms with E-state index in [4.69, 9.17) is 14.5 Å². The largest absolute Gasteiger partial charge is 0.497 e. The number of fused-ring (bicyclic) bond motifs is 1. The van der Waals surface area contributed by atoms with Gasteiger partial charge in [0.25, 0.3) is 5.56 Å². The number of aromatic nitrogens is 2. The second-order valence-corrected chi connectivity index (χ2v) is 11.4. The molecule has 2 heterocycles. The SMILES string of the molecule is COc1ccc(-n2c(CCN(CCCN3CCCC3)S(=O)c3ccc(OC)cc3)nc3ccccc3c2=O)cc1. The van der Waals surface area contributed by atoms with E-state index in [1.807, 2.05) is 71.0 Å². The molecule has 0 N–H and O–H groups in total. The van der Waals surface area contributed by atoms with Crippen molar-refractivity contribution in [2.24, 2.45) is 0 Å². The highest BCUT2D eigenvalue weighted by Crippen LogP contribution is 2.20. The van der Waals surface area contributed by atoms with Gasteiger partial charge in [0, 0.05) is 19.5 Å². The van der Waals surface area contributed by atoms with Crippen molar-refractivity contribution in [2.45, 2.75) is 30.6 Å². The summed E-state index contributed by atoms with van der Waals surface area (Å²) >= 11 is 0. The molecule has 1 unspecified atom stereocenters. The van der Waals surface area contributed by atoms with E-state index in [0.717, 1.165) is 42.4 Å². The fourth-order valence-electron chi connectivity index (χ4n) is 5.16. The van der Waals surface area contributed by atoms with Gasteiger partial charge in [0.2, 0.25) is 0 Å². The Kier molecular flexibility index (Phi) is 9.26. The zero-order chi connectivity index (χ0) is 27.9. The molecule has 0 spiro atoms. The molecule has 0 radical (unpaired) electrons. The molecule has 1 aliphatic heterocycles. The van der Waals surface area contributed by atoms with Crippen LogP contribution in [0.2, 0.25) is 0 Å². The van der Waals surface area contributed by atoms with Crippen molar-refractivity contribution in [2.75, 3.05) is 46.9 Å².